The lowest BCUT2D eigenvalue weighted by Gasteiger charge is -2.06. The average Bonchev–Trinajstić information content (AvgIpc) is 2.11. The normalized spacial score (nSPS) is 12.5. The largest absolute Gasteiger partial charge is 0.368 e. The fourth-order valence-corrected chi connectivity index (χ4v) is 1.47. The van der Waals surface area contributed by atoms with E-state index in [-0.39, 0.29) is 0 Å². The molecule has 0 aromatic heterocycles. The van der Waals surface area contributed by atoms with Gasteiger partial charge >= 0.3 is 0 Å². The fraction of sp³-hybridized carbons (Fsp3) is 0.222. The first-order chi connectivity index (χ1) is 6.50. The van der Waals surface area contributed by atoms with Gasteiger partial charge in [0.2, 0.25) is 5.91 Å². The lowest BCUT2D eigenvalue weighted by molar-refractivity contribution is -0.117. The maximum Gasteiger partial charge on any atom is 0.235 e. The van der Waals surface area contributed by atoms with Crippen molar-refractivity contribution >= 4 is 40.7 Å². The van der Waals surface area contributed by atoms with Crippen LogP contribution in [0.25, 0.3) is 0 Å². The number of halogens is 3. The maximum atomic E-state index is 10.7. The molecule has 1 atom stereocenters. The Morgan fingerprint density at radius 2 is 2.00 bits per heavy atom. The van der Waals surface area contributed by atoms with Crippen LogP contribution in [-0.4, -0.2) is 11.3 Å². The second-order valence-electron chi connectivity index (χ2n) is 2.82. The molecular weight excluding hydrogens is 244 g/mol. The smallest absolute Gasteiger partial charge is 0.235 e. The Hall–Kier alpha value is -0.440. The van der Waals surface area contributed by atoms with Gasteiger partial charge in [-0.2, -0.15) is 0 Å². The topological polar surface area (TPSA) is 43.1 Å². The summed E-state index contributed by atoms with van der Waals surface area (Å²) < 4.78 is 0. The first-order valence-corrected chi connectivity index (χ1v) is 5.07. The minimum atomic E-state index is -0.716. The fourth-order valence-electron chi connectivity index (χ4n) is 0.974. The van der Waals surface area contributed by atoms with Gasteiger partial charge in [0.05, 0.1) is 10.0 Å². The molecule has 1 amide bonds. The summed E-state index contributed by atoms with van der Waals surface area (Å²) in [5.74, 6) is -0.544. The SMILES string of the molecule is NC(=O)C(Cl)Cc1ccc(Cl)c(Cl)c1. The minimum Gasteiger partial charge on any atom is -0.368 e. The highest BCUT2D eigenvalue weighted by atomic mass is 35.5. The van der Waals surface area contributed by atoms with E-state index in [4.69, 9.17) is 40.5 Å². The molecule has 0 spiro atoms. The molecule has 0 saturated heterocycles. The summed E-state index contributed by atoms with van der Waals surface area (Å²) in [7, 11) is 0. The van der Waals surface area contributed by atoms with Gasteiger partial charge in [-0.15, -0.1) is 11.6 Å². The van der Waals surface area contributed by atoms with Crippen molar-refractivity contribution in [2.75, 3.05) is 0 Å². The van der Waals surface area contributed by atoms with Crippen molar-refractivity contribution in [3.63, 3.8) is 0 Å². The first-order valence-electron chi connectivity index (χ1n) is 3.88. The zero-order valence-electron chi connectivity index (χ0n) is 7.14. The molecule has 0 heterocycles. The Morgan fingerprint density at radius 1 is 1.36 bits per heavy atom. The van der Waals surface area contributed by atoms with Crippen LogP contribution in [0.5, 0.6) is 0 Å². The number of hydrogen-bond acceptors (Lipinski definition) is 1. The lowest BCUT2D eigenvalue weighted by Crippen LogP contribution is -2.25. The zero-order valence-corrected chi connectivity index (χ0v) is 9.40. The molecule has 2 N–H and O–H groups in total. The third kappa shape index (κ3) is 3.05. The molecule has 0 saturated carbocycles. The second kappa shape index (κ2) is 4.87. The molecule has 2 nitrogen and oxygen atoms in total. The number of carbonyl (C=O) groups is 1. The van der Waals surface area contributed by atoms with Crippen molar-refractivity contribution < 1.29 is 4.79 Å². The molecular formula is C9H8Cl3NO. The van der Waals surface area contributed by atoms with E-state index in [2.05, 4.69) is 0 Å². The van der Waals surface area contributed by atoms with Crippen LogP contribution in [0, 0.1) is 0 Å². The summed E-state index contributed by atoms with van der Waals surface area (Å²) in [6.07, 6.45) is 0.355. The molecule has 0 aliphatic heterocycles. The Kier molecular flexibility index (Phi) is 4.05. The molecule has 0 aliphatic rings. The molecule has 1 unspecified atom stereocenters. The number of primary amides is 1. The van der Waals surface area contributed by atoms with E-state index >= 15 is 0 Å². The molecule has 0 bridgehead atoms. The van der Waals surface area contributed by atoms with Crippen LogP contribution >= 0.6 is 34.8 Å². The summed E-state index contributed by atoms with van der Waals surface area (Å²) >= 11 is 17.2. The number of hydrogen-bond donors (Lipinski definition) is 1. The van der Waals surface area contributed by atoms with Gasteiger partial charge in [0.1, 0.15) is 5.38 Å². The van der Waals surface area contributed by atoms with Crippen molar-refractivity contribution in [2.24, 2.45) is 5.73 Å². The molecule has 1 aromatic carbocycles. The van der Waals surface area contributed by atoms with Gasteiger partial charge in [0.25, 0.3) is 0 Å². The van der Waals surface area contributed by atoms with Crippen molar-refractivity contribution in [1.29, 1.82) is 0 Å². The van der Waals surface area contributed by atoms with E-state index in [1.54, 1.807) is 18.2 Å². The molecule has 1 aromatic rings. The number of benzene rings is 1. The highest BCUT2D eigenvalue weighted by molar-refractivity contribution is 6.42. The highest BCUT2D eigenvalue weighted by Gasteiger charge is 2.12. The first kappa shape index (κ1) is 11.6. The van der Waals surface area contributed by atoms with Crippen LogP contribution in [-0.2, 0) is 11.2 Å². The Bertz CT molecular complexity index is 354. The maximum absolute atomic E-state index is 10.7. The van der Waals surface area contributed by atoms with Gasteiger partial charge < -0.3 is 5.73 Å². The quantitative estimate of drug-likeness (QED) is 0.826. The molecule has 0 radical (unpaired) electrons. The molecule has 14 heavy (non-hydrogen) atoms. The number of rotatable bonds is 3. The van der Waals surface area contributed by atoms with E-state index in [0.29, 0.717) is 16.5 Å². The van der Waals surface area contributed by atoms with E-state index in [1.807, 2.05) is 0 Å². The Balaban J connectivity index is 2.78. The van der Waals surface area contributed by atoms with Crippen molar-refractivity contribution in [1.82, 2.24) is 0 Å². The summed E-state index contributed by atoms with van der Waals surface area (Å²) in [5, 5.41) is 0.199. The second-order valence-corrected chi connectivity index (χ2v) is 4.16. The van der Waals surface area contributed by atoms with Gasteiger partial charge in [-0.05, 0) is 24.1 Å². The molecule has 1 rings (SSSR count). The van der Waals surface area contributed by atoms with Gasteiger partial charge in [-0.1, -0.05) is 29.3 Å². The number of alkyl halides is 1. The summed E-state index contributed by atoms with van der Waals surface area (Å²) in [6.45, 7) is 0. The van der Waals surface area contributed by atoms with Crippen LogP contribution in [0.2, 0.25) is 10.0 Å². The van der Waals surface area contributed by atoms with Crippen molar-refractivity contribution in [3.05, 3.63) is 33.8 Å². The van der Waals surface area contributed by atoms with Crippen LogP contribution in [0.1, 0.15) is 5.56 Å². The van der Waals surface area contributed by atoms with Gasteiger partial charge in [-0.3, -0.25) is 4.79 Å². The standard InChI is InChI=1S/C9H8Cl3NO/c10-6-2-1-5(3-7(6)11)4-8(12)9(13)14/h1-3,8H,4H2,(H2,13,14). The predicted molar refractivity (Wildman–Crippen MR) is 59.0 cm³/mol. The summed E-state index contributed by atoms with van der Waals surface area (Å²) in [4.78, 5) is 10.7. The summed E-state index contributed by atoms with van der Waals surface area (Å²) in [5.41, 5.74) is 5.85. The van der Waals surface area contributed by atoms with Crippen LogP contribution in [0.3, 0.4) is 0 Å². The predicted octanol–water partition coefficient (Wildman–Crippen LogP) is 2.63. The van der Waals surface area contributed by atoms with Gasteiger partial charge in [-0.25, -0.2) is 0 Å². The number of nitrogens with two attached hydrogens (primary N) is 1. The zero-order chi connectivity index (χ0) is 10.7. The van der Waals surface area contributed by atoms with E-state index in [9.17, 15) is 4.79 Å². The van der Waals surface area contributed by atoms with E-state index < -0.39 is 11.3 Å². The Morgan fingerprint density at radius 3 is 2.50 bits per heavy atom. The highest BCUT2D eigenvalue weighted by Crippen LogP contribution is 2.23. The number of amides is 1. The molecule has 0 fully saturated rings. The average molecular weight is 253 g/mol. The lowest BCUT2D eigenvalue weighted by atomic mass is 10.1. The number of carbonyl (C=O) groups excluding carboxylic acids is 1. The van der Waals surface area contributed by atoms with Crippen LogP contribution < -0.4 is 5.73 Å². The molecule has 0 aliphatic carbocycles. The third-order valence-corrected chi connectivity index (χ3v) is 2.82. The minimum absolute atomic E-state index is 0.355. The Labute approximate surface area is 96.9 Å². The van der Waals surface area contributed by atoms with Gasteiger partial charge in [0.15, 0.2) is 0 Å². The van der Waals surface area contributed by atoms with Crippen LogP contribution in [0.4, 0.5) is 0 Å². The van der Waals surface area contributed by atoms with Crippen LogP contribution in [0.15, 0.2) is 18.2 Å². The van der Waals surface area contributed by atoms with E-state index in [0.717, 1.165) is 5.56 Å². The van der Waals surface area contributed by atoms with E-state index in [1.165, 1.54) is 0 Å². The molecule has 5 heteroatoms. The monoisotopic (exact) mass is 251 g/mol. The van der Waals surface area contributed by atoms with Crippen molar-refractivity contribution in [3.8, 4) is 0 Å². The third-order valence-electron chi connectivity index (χ3n) is 1.71. The van der Waals surface area contributed by atoms with Crippen molar-refractivity contribution in [2.45, 2.75) is 11.8 Å². The van der Waals surface area contributed by atoms with Gasteiger partial charge in [0, 0.05) is 0 Å². The molecule has 76 valence electrons. The summed E-state index contributed by atoms with van der Waals surface area (Å²) in [6, 6.07) is 5.08.